The Hall–Kier alpha value is -3.12. The van der Waals surface area contributed by atoms with Crippen molar-refractivity contribution < 1.29 is 9.47 Å². The summed E-state index contributed by atoms with van der Waals surface area (Å²) in [5.74, 6) is 2.00. The number of nitrogens with zero attached hydrogens (tertiary/aromatic N) is 3. The highest BCUT2D eigenvalue weighted by molar-refractivity contribution is 5.67. The third kappa shape index (κ3) is 4.39. The minimum Gasteiger partial charge on any atom is -0.497 e. The predicted molar refractivity (Wildman–Crippen MR) is 118 cm³/mol. The van der Waals surface area contributed by atoms with Gasteiger partial charge in [0.15, 0.2) is 0 Å². The molecule has 0 unspecified atom stereocenters. The molecule has 1 fully saturated rings. The zero-order valence-electron chi connectivity index (χ0n) is 17.5. The van der Waals surface area contributed by atoms with Crippen LogP contribution in [0.4, 0.5) is 5.95 Å². The molecule has 1 aliphatic rings. The second-order valence-electron chi connectivity index (χ2n) is 7.59. The number of aromatic nitrogens is 2. The van der Waals surface area contributed by atoms with E-state index in [1.165, 1.54) is 18.4 Å². The van der Waals surface area contributed by atoms with Crippen molar-refractivity contribution in [3.05, 3.63) is 66.0 Å². The van der Waals surface area contributed by atoms with E-state index in [0.717, 1.165) is 47.8 Å². The molecule has 0 amide bonds. The molecule has 0 bridgehead atoms. The van der Waals surface area contributed by atoms with Gasteiger partial charge in [-0.3, -0.25) is 4.90 Å². The fourth-order valence-corrected chi connectivity index (χ4v) is 4.13. The Labute approximate surface area is 177 Å². The highest BCUT2D eigenvalue weighted by Crippen LogP contribution is 2.37. The van der Waals surface area contributed by atoms with Crippen molar-refractivity contribution in [1.29, 1.82) is 0 Å². The van der Waals surface area contributed by atoms with Gasteiger partial charge in [-0.05, 0) is 54.8 Å². The van der Waals surface area contributed by atoms with Crippen LogP contribution in [0.15, 0.2) is 54.7 Å². The molecule has 0 radical (unpaired) electrons. The van der Waals surface area contributed by atoms with E-state index in [1.807, 2.05) is 36.5 Å². The number of anilines is 1. The second kappa shape index (κ2) is 9.13. The lowest BCUT2D eigenvalue weighted by Gasteiger charge is -2.36. The van der Waals surface area contributed by atoms with Crippen LogP contribution in [-0.4, -0.2) is 35.6 Å². The predicted octanol–water partition coefficient (Wildman–Crippen LogP) is 4.47. The van der Waals surface area contributed by atoms with Gasteiger partial charge in [0.2, 0.25) is 5.95 Å². The molecule has 0 saturated carbocycles. The first kappa shape index (κ1) is 20.2. The number of piperidine rings is 1. The quantitative estimate of drug-likeness (QED) is 0.653. The van der Waals surface area contributed by atoms with E-state index in [2.05, 4.69) is 28.1 Å². The molecule has 6 nitrogen and oxygen atoms in total. The van der Waals surface area contributed by atoms with Gasteiger partial charge in [-0.2, -0.15) is 0 Å². The smallest absolute Gasteiger partial charge is 0.220 e. The van der Waals surface area contributed by atoms with Gasteiger partial charge in [0.25, 0.3) is 0 Å². The van der Waals surface area contributed by atoms with Crippen molar-refractivity contribution in [2.75, 3.05) is 26.5 Å². The Kier molecular flexibility index (Phi) is 6.14. The highest BCUT2D eigenvalue weighted by atomic mass is 16.5. The number of ether oxygens (including phenoxy) is 2. The maximum atomic E-state index is 6.02. The third-order valence-electron chi connectivity index (χ3n) is 5.69. The van der Waals surface area contributed by atoms with E-state index in [-0.39, 0.29) is 6.04 Å². The van der Waals surface area contributed by atoms with Gasteiger partial charge in [0.1, 0.15) is 11.5 Å². The summed E-state index contributed by atoms with van der Waals surface area (Å²) >= 11 is 0. The van der Waals surface area contributed by atoms with Crippen LogP contribution in [0.5, 0.6) is 11.5 Å². The van der Waals surface area contributed by atoms with Gasteiger partial charge in [-0.1, -0.05) is 30.7 Å². The number of hydrogen-bond acceptors (Lipinski definition) is 6. The van der Waals surface area contributed by atoms with E-state index in [9.17, 15) is 0 Å². The average molecular weight is 405 g/mol. The van der Waals surface area contributed by atoms with Crippen molar-refractivity contribution in [1.82, 2.24) is 14.9 Å². The third-order valence-corrected chi connectivity index (χ3v) is 5.69. The molecule has 30 heavy (non-hydrogen) atoms. The molecule has 2 N–H and O–H groups in total. The first-order valence-corrected chi connectivity index (χ1v) is 10.3. The van der Waals surface area contributed by atoms with E-state index >= 15 is 0 Å². The van der Waals surface area contributed by atoms with Crippen LogP contribution in [0.1, 0.15) is 36.6 Å². The van der Waals surface area contributed by atoms with Gasteiger partial charge in [0.05, 0.1) is 26.0 Å². The summed E-state index contributed by atoms with van der Waals surface area (Å²) in [6.45, 7) is 1.88. The van der Waals surface area contributed by atoms with E-state index in [1.54, 1.807) is 14.2 Å². The van der Waals surface area contributed by atoms with Crippen LogP contribution in [0, 0.1) is 0 Å². The minimum atomic E-state index is 0.187. The van der Waals surface area contributed by atoms with E-state index in [4.69, 9.17) is 20.2 Å². The average Bonchev–Trinajstić information content (AvgIpc) is 2.80. The Morgan fingerprint density at radius 3 is 2.60 bits per heavy atom. The summed E-state index contributed by atoms with van der Waals surface area (Å²) in [5.41, 5.74) is 10.3. The summed E-state index contributed by atoms with van der Waals surface area (Å²) < 4.78 is 10.7. The van der Waals surface area contributed by atoms with Crippen LogP contribution >= 0.6 is 0 Å². The Morgan fingerprint density at radius 2 is 1.83 bits per heavy atom. The molecule has 6 heteroatoms. The molecular weight excluding hydrogens is 376 g/mol. The Bertz CT molecular complexity index is 991. The molecule has 4 rings (SSSR count). The maximum absolute atomic E-state index is 6.02. The van der Waals surface area contributed by atoms with Crippen molar-refractivity contribution >= 4 is 5.95 Å². The van der Waals surface area contributed by atoms with Crippen molar-refractivity contribution in [3.63, 3.8) is 0 Å². The Balaban J connectivity index is 1.68. The number of nitrogens with two attached hydrogens (primary N) is 1. The number of rotatable bonds is 6. The fourth-order valence-electron chi connectivity index (χ4n) is 4.13. The first-order valence-electron chi connectivity index (χ1n) is 10.3. The normalized spacial score (nSPS) is 16.9. The standard InChI is InChI=1S/C24H28N4O2/c1-29-19-11-9-17(10-12-19)16-28-13-4-3-8-22(28)23-21(15-26-24(25)27-23)18-6-5-7-20(14-18)30-2/h5-7,9-12,14-15,22H,3-4,8,13,16H2,1-2H3,(H2,25,26,27)/t22-/m0/s1. The van der Waals surface area contributed by atoms with Crippen molar-refractivity contribution in [2.24, 2.45) is 0 Å². The van der Waals surface area contributed by atoms with Crippen LogP contribution in [0.2, 0.25) is 0 Å². The van der Waals surface area contributed by atoms with Gasteiger partial charge in [-0.15, -0.1) is 0 Å². The Morgan fingerprint density at radius 1 is 1.03 bits per heavy atom. The molecule has 2 aromatic carbocycles. The topological polar surface area (TPSA) is 73.5 Å². The van der Waals surface area contributed by atoms with Crippen LogP contribution in [0.3, 0.4) is 0 Å². The highest BCUT2D eigenvalue weighted by Gasteiger charge is 2.28. The van der Waals surface area contributed by atoms with Gasteiger partial charge < -0.3 is 15.2 Å². The van der Waals surface area contributed by atoms with Gasteiger partial charge >= 0.3 is 0 Å². The molecular formula is C24H28N4O2. The lowest BCUT2D eigenvalue weighted by atomic mass is 9.93. The molecule has 2 heterocycles. The first-order chi connectivity index (χ1) is 14.7. The summed E-state index contributed by atoms with van der Waals surface area (Å²) in [7, 11) is 3.37. The largest absolute Gasteiger partial charge is 0.497 e. The monoisotopic (exact) mass is 404 g/mol. The van der Waals surface area contributed by atoms with Crippen molar-refractivity contribution in [2.45, 2.75) is 31.8 Å². The molecule has 3 aromatic rings. The fraction of sp³-hybridized carbons (Fsp3) is 0.333. The molecule has 0 aliphatic carbocycles. The molecule has 1 aromatic heterocycles. The number of benzene rings is 2. The minimum absolute atomic E-state index is 0.187. The van der Waals surface area contributed by atoms with Gasteiger partial charge in [0, 0.05) is 18.3 Å². The van der Waals surface area contributed by atoms with Crippen LogP contribution < -0.4 is 15.2 Å². The lowest BCUT2D eigenvalue weighted by molar-refractivity contribution is 0.137. The molecule has 1 aliphatic heterocycles. The van der Waals surface area contributed by atoms with Crippen LogP contribution in [-0.2, 0) is 6.54 Å². The number of methoxy groups -OCH3 is 2. The second-order valence-corrected chi connectivity index (χ2v) is 7.59. The SMILES string of the molecule is COc1ccc(CN2CCCC[C@H]2c2nc(N)ncc2-c2cccc(OC)c2)cc1. The van der Waals surface area contributed by atoms with E-state index in [0.29, 0.717) is 5.95 Å². The summed E-state index contributed by atoms with van der Waals surface area (Å²) in [5, 5.41) is 0. The van der Waals surface area contributed by atoms with Gasteiger partial charge in [-0.25, -0.2) is 9.97 Å². The van der Waals surface area contributed by atoms with E-state index < -0.39 is 0 Å². The number of nitrogen functional groups attached to an aromatic ring is 1. The number of likely N-dealkylation sites (tertiary alicyclic amines) is 1. The van der Waals surface area contributed by atoms with Crippen molar-refractivity contribution in [3.8, 4) is 22.6 Å². The lowest BCUT2D eigenvalue weighted by Crippen LogP contribution is -2.34. The molecule has 0 spiro atoms. The maximum Gasteiger partial charge on any atom is 0.220 e. The molecule has 1 saturated heterocycles. The summed E-state index contributed by atoms with van der Waals surface area (Å²) in [4.78, 5) is 11.5. The number of hydrogen-bond donors (Lipinski definition) is 1. The molecule has 1 atom stereocenters. The zero-order valence-corrected chi connectivity index (χ0v) is 17.5. The summed E-state index contributed by atoms with van der Waals surface area (Å²) in [6.07, 6.45) is 5.24. The summed E-state index contributed by atoms with van der Waals surface area (Å²) in [6, 6.07) is 16.5. The zero-order chi connectivity index (χ0) is 20.9. The van der Waals surface area contributed by atoms with Crippen LogP contribution in [0.25, 0.3) is 11.1 Å². The molecule has 156 valence electrons.